The predicted octanol–water partition coefficient (Wildman–Crippen LogP) is 2.19. The molecule has 0 radical (unpaired) electrons. The van der Waals surface area contributed by atoms with Gasteiger partial charge in [0.2, 0.25) is 0 Å². The van der Waals surface area contributed by atoms with Crippen molar-refractivity contribution in [3.8, 4) is 0 Å². The maximum atomic E-state index is 11.1. The summed E-state index contributed by atoms with van der Waals surface area (Å²) in [4.78, 5) is 13.7. The predicted molar refractivity (Wildman–Crippen MR) is 49.8 cm³/mol. The van der Waals surface area contributed by atoms with Crippen molar-refractivity contribution in [2.24, 2.45) is 5.22 Å². The highest BCUT2D eigenvalue weighted by Crippen LogP contribution is 2.34. The molecule has 1 heterocycles. The lowest BCUT2D eigenvalue weighted by atomic mass is 9.96. The van der Waals surface area contributed by atoms with E-state index in [4.69, 9.17) is 5.53 Å². The first-order chi connectivity index (χ1) is 6.83. The van der Waals surface area contributed by atoms with E-state index in [2.05, 4.69) is 10.1 Å². The molecule has 1 aromatic carbocycles. The summed E-state index contributed by atoms with van der Waals surface area (Å²) in [5.41, 5.74) is 9.25. The number of nitrogens with zero attached hydrogens (tertiary/aromatic N) is 4. The van der Waals surface area contributed by atoms with Gasteiger partial charge in [-0.2, -0.15) is 9.92 Å². The van der Waals surface area contributed by atoms with Crippen molar-refractivity contribution in [3.05, 3.63) is 46.3 Å². The van der Waals surface area contributed by atoms with Crippen molar-refractivity contribution in [1.29, 1.82) is 0 Å². The number of benzene rings is 1. The van der Waals surface area contributed by atoms with Crippen LogP contribution in [0.15, 0.2) is 35.6 Å². The standard InChI is InChI=1S/C9H8N4O/c10-11-12-13-8(6-9(13)14)7-4-2-1-3-5-7/h1-5,8H,6H2. The Hall–Kier alpha value is -2.00. The summed E-state index contributed by atoms with van der Waals surface area (Å²) in [5.74, 6) is -0.128. The van der Waals surface area contributed by atoms with Gasteiger partial charge in [-0.1, -0.05) is 30.3 Å². The summed E-state index contributed by atoms with van der Waals surface area (Å²) in [6, 6.07) is 9.44. The van der Waals surface area contributed by atoms with Crippen molar-refractivity contribution in [3.63, 3.8) is 0 Å². The van der Waals surface area contributed by atoms with Gasteiger partial charge in [-0.15, -0.1) is 5.53 Å². The van der Waals surface area contributed by atoms with Crippen LogP contribution >= 0.6 is 0 Å². The fourth-order valence-electron chi connectivity index (χ4n) is 1.50. The summed E-state index contributed by atoms with van der Waals surface area (Å²) in [7, 11) is 0. The third-order valence-corrected chi connectivity index (χ3v) is 2.24. The quantitative estimate of drug-likeness (QED) is 0.303. The van der Waals surface area contributed by atoms with Crippen LogP contribution in [0.2, 0.25) is 0 Å². The van der Waals surface area contributed by atoms with E-state index >= 15 is 0 Å². The van der Waals surface area contributed by atoms with Gasteiger partial charge in [-0.25, -0.2) is 4.79 Å². The minimum absolute atomic E-state index is 0.0837. The fourth-order valence-corrected chi connectivity index (χ4v) is 1.50. The molecule has 0 bridgehead atoms. The Balaban J connectivity index is 2.22. The lowest BCUT2D eigenvalue weighted by molar-refractivity contribution is -0.146. The Morgan fingerprint density at radius 1 is 1.43 bits per heavy atom. The Morgan fingerprint density at radius 2 is 2.14 bits per heavy atom. The molecule has 1 aliphatic heterocycles. The van der Waals surface area contributed by atoms with Crippen molar-refractivity contribution in [2.45, 2.75) is 12.5 Å². The summed E-state index contributed by atoms with van der Waals surface area (Å²) in [6.07, 6.45) is 0.420. The molecule has 2 rings (SSSR count). The van der Waals surface area contributed by atoms with Gasteiger partial charge in [0, 0.05) is 0 Å². The van der Waals surface area contributed by atoms with E-state index in [1.54, 1.807) is 0 Å². The Bertz CT molecular complexity index is 395. The highest BCUT2D eigenvalue weighted by molar-refractivity contribution is 5.83. The highest BCUT2D eigenvalue weighted by atomic mass is 16.2. The summed E-state index contributed by atoms with van der Waals surface area (Å²) < 4.78 is 0. The minimum Gasteiger partial charge on any atom is -0.246 e. The first-order valence-electron chi connectivity index (χ1n) is 4.25. The molecule has 0 N–H and O–H groups in total. The largest absolute Gasteiger partial charge is 0.317 e. The molecule has 1 amide bonds. The van der Waals surface area contributed by atoms with E-state index in [1.807, 2.05) is 30.3 Å². The van der Waals surface area contributed by atoms with Crippen molar-refractivity contribution >= 4 is 5.91 Å². The van der Waals surface area contributed by atoms with Crippen LogP contribution in [0.3, 0.4) is 0 Å². The number of azide groups is 1. The van der Waals surface area contributed by atoms with Crippen molar-refractivity contribution in [1.82, 2.24) is 5.01 Å². The molecular formula is C9H8N4O. The lowest BCUT2D eigenvalue weighted by Crippen LogP contribution is -2.42. The number of rotatable bonds is 2. The van der Waals surface area contributed by atoms with Crippen LogP contribution in [0.25, 0.3) is 10.4 Å². The molecule has 0 saturated carbocycles. The maximum Gasteiger partial charge on any atom is 0.317 e. The summed E-state index contributed by atoms with van der Waals surface area (Å²) in [6.45, 7) is 0. The second-order valence-corrected chi connectivity index (χ2v) is 3.05. The Labute approximate surface area is 80.5 Å². The van der Waals surface area contributed by atoms with Crippen molar-refractivity contribution in [2.75, 3.05) is 0 Å². The number of β-lactam (4-membered cyclic amide) rings is 1. The molecule has 1 aliphatic rings. The first kappa shape index (κ1) is 8.59. The minimum atomic E-state index is -0.128. The first-order valence-corrected chi connectivity index (χ1v) is 4.25. The molecule has 0 aromatic heterocycles. The number of carbonyl (C=O) groups is 1. The molecule has 0 spiro atoms. The van der Waals surface area contributed by atoms with E-state index in [-0.39, 0.29) is 11.9 Å². The van der Waals surface area contributed by atoms with Crippen LogP contribution in [0.1, 0.15) is 18.0 Å². The highest BCUT2D eigenvalue weighted by Gasteiger charge is 2.42. The van der Waals surface area contributed by atoms with Crippen LogP contribution < -0.4 is 0 Å². The molecular weight excluding hydrogens is 180 g/mol. The molecule has 1 unspecified atom stereocenters. The molecule has 5 heteroatoms. The number of hydrogen-bond donors (Lipinski definition) is 0. The molecule has 14 heavy (non-hydrogen) atoms. The van der Waals surface area contributed by atoms with Gasteiger partial charge >= 0.3 is 5.91 Å². The van der Waals surface area contributed by atoms with Gasteiger partial charge in [-0.05, 0) is 10.8 Å². The number of amides is 1. The average molecular weight is 188 g/mol. The van der Waals surface area contributed by atoms with E-state index in [1.165, 1.54) is 5.01 Å². The normalized spacial score (nSPS) is 19.9. The van der Waals surface area contributed by atoms with Gasteiger partial charge < -0.3 is 0 Å². The smallest absolute Gasteiger partial charge is 0.246 e. The summed E-state index contributed by atoms with van der Waals surface area (Å²) >= 11 is 0. The third-order valence-electron chi connectivity index (χ3n) is 2.24. The van der Waals surface area contributed by atoms with E-state index in [0.29, 0.717) is 6.42 Å². The molecule has 1 atom stereocenters. The van der Waals surface area contributed by atoms with E-state index in [0.717, 1.165) is 5.56 Å². The van der Waals surface area contributed by atoms with Crippen LogP contribution in [-0.2, 0) is 4.79 Å². The van der Waals surface area contributed by atoms with Gasteiger partial charge in [0.05, 0.1) is 6.42 Å². The third kappa shape index (κ3) is 1.30. The fraction of sp³-hybridized carbons (Fsp3) is 0.222. The second-order valence-electron chi connectivity index (χ2n) is 3.05. The topological polar surface area (TPSA) is 69.1 Å². The van der Waals surface area contributed by atoms with Gasteiger partial charge in [-0.3, -0.25) is 0 Å². The van der Waals surface area contributed by atoms with Crippen LogP contribution in [0.4, 0.5) is 0 Å². The van der Waals surface area contributed by atoms with E-state index < -0.39 is 0 Å². The van der Waals surface area contributed by atoms with Crippen LogP contribution in [-0.4, -0.2) is 10.9 Å². The van der Waals surface area contributed by atoms with Crippen molar-refractivity contribution < 1.29 is 4.79 Å². The zero-order chi connectivity index (χ0) is 9.97. The molecule has 1 aromatic rings. The Kier molecular flexibility index (Phi) is 2.08. The summed E-state index contributed by atoms with van der Waals surface area (Å²) in [5, 5.41) is 4.51. The molecule has 1 fully saturated rings. The monoisotopic (exact) mass is 188 g/mol. The average Bonchev–Trinajstić information content (AvgIpc) is 2.24. The van der Waals surface area contributed by atoms with Crippen LogP contribution in [0.5, 0.6) is 0 Å². The molecule has 0 aliphatic carbocycles. The van der Waals surface area contributed by atoms with Gasteiger partial charge in [0.25, 0.3) is 0 Å². The maximum absolute atomic E-state index is 11.1. The lowest BCUT2D eigenvalue weighted by Gasteiger charge is -2.30. The SMILES string of the molecule is [N-]=[N+]=NN1C(=O)CC1c1ccccc1. The van der Waals surface area contributed by atoms with Gasteiger partial charge in [0.1, 0.15) is 6.04 Å². The zero-order valence-electron chi connectivity index (χ0n) is 7.37. The van der Waals surface area contributed by atoms with E-state index in [9.17, 15) is 4.79 Å². The number of carbonyl (C=O) groups excluding carboxylic acids is 1. The zero-order valence-corrected chi connectivity index (χ0v) is 7.37. The molecule has 5 nitrogen and oxygen atoms in total. The molecule has 70 valence electrons. The van der Waals surface area contributed by atoms with Crippen LogP contribution in [0, 0.1) is 0 Å². The molecule has 1 saturated heterocycles. The van der Waals surface area contributed by atoms with Gasteiger partial charge in [0.15, 0.2) is 0 Å². The second kappa shape index (κ2) is 3.40. The Morgan fingerprint density at radius 3 is 2.71 bits per heavy atom. The number of hydrogen-bond acceptors (Lipinski definition) is 2.